The van der Waals surface area contributed by atoms with Gasteiger partial charge < -0.3 is 55.7 Å². The minimum atomic E-state index is -1.71. The van der Waals surface area contributed by atoms with Crippen LogP contribution in [0.5, 0.6) is 0 Å². The average Bonchev–Trinajstić information content (AvgIpc) is 2.55. The highest BCUT2D eigenvalue weighted by Gasteiger charge is 2.49. The fourth-order valence-electron chi connectivity index (χ4n) is 2.62. The molecule has 0 aromatic carbocycles. The van der Waals surface area contributed by atoms with Crippen LogP contribution < -0.4 is 5.73 Å². The first-order valence-electron chi connectivity index (χ1n) is 7.15. The monoisotopic (exact) mass is 341 g/mol. The van der Waals surface area contributed by atoms with Crippen molar-refractivity contribution in [2.75, 3.05) is 13.2 Å². The van der Waals surface area contributed by atoms with E-state index in [-0.39, 0.29) is 0 Å². The fourth-order valence-corrected chi connectivity index (χ4v) is 2.62. The minimum Gasteiger partial charge on any atom is -0.394 e. The molecule has 0 spiro atoms. The molecule has 0 aliphatic carbocycles. The van der Waals surface area contributed by atoms with Crippen LogP contribution in [0.4, 0.5) is 0 Å². The van der Waals surface area contributed by atoms with Crippen molar-refractivity contribution in [3.8, 4) is 0 Å². The summed E-state index contributed by atoms with van der Waals surface area (Å²) in [7, 11) is 0. The quantitative estimate of drug-likeness (QED) is 0.243. The highest BCUT2D eigenvalue weighted by Crippen LogP contribution is 2.27. The van der Waals surface area contributed by atoms with Crippen LogP contribution in [-0.2, 0) is 14.2 Å². The molecule has 2 saturated heterocycles. The Kier molecular flexibility index (Phi) is 6.27. The van der Waals surface area contributed by atoms with Crippen LogP contribution in [0.1, 0.15) is 0 Å². The lowest BCUT2D eigenvalue weighted by Crippen LogP contribution is -2.66. The zero-order valence-corrected chi connectivity index (χ0v) is 12.1. The van der Waals surface area contributed by atoms with Crippen molar-refractivity contribution in [3.05, 3.63) is 0 Å². The van der Waals surface area contributed by atoms with E-state index in [9.17, 15) is 30.6 Å². The third-order valence-corrected chi connectivity index (χ3v) is 4.06. The second-order valence-corrected chi connectivity index (χ2v) is 5.61. The van der Waals surface area contributed by atoms with Crippen LogP contribution in [0, 0.1) is 0 Å². The van der Waals surface area contributed by atoms with E-state index >= 15 is 0 Å². The van der Waals surface area contributed by atoms with E-state index < -0.39 is 74.6 Å². The number of aliphatic hydroxyl groups excluding tert-OH is 7. The summed E-state index contributed by atoms with van der Waals surface area (Å²) >= 11 is 0. The van der Waals surface area contributed by atoms with Crippen molar-refractivity contribution in [1.29, 1.82) is 0 Å². The van der Waals surface area contributed by atoms with Gasteiger partial charge in [-0.1, -0.05) is 0 Å². The van der Waals surface area contributed by atoms with Crippen molar-refractivity contribution in [3.63, 3.8) is 0 Å². The number of ether oxygens (including phenoxy) is 3. The van der Waals surface area contributed by atoms with Gasteiger partial charge in [0.25, 0.3) is 0 Å². The average molecular weight is 341 g/mol. The lowest BCUT2D eigenvalue weighted by atomic mass is 9.96. The predicted octanol–water partition coefficient (Wildman–Crippen LogP) is -5.43. The Morgan fingerprint density at radius 3 is 1.96 bits per heavy atom. The maximum absolute atomic E-state index is 9.98. The van der Waals surface area contributed by atoms with Gasteiger partial charge in [-0.25, -0.2) is 0 Å². The smallest absolute Gasteiger partial charge is 0.184 e. The number of nitrogens with two attached hydrogens (primary N) is 1. The van der Waals surface area contributed by atoms with E-state index in [1.54, 1.807) is 0 Å². The molecule has 10 atom stereocenters. The standard InChI is InChI=1S/C12H23NO10/c13-5-7(17)6(16)3(1-14)22-12(5)23-10-4(2-15)21-11(20)9(19)8(10)18/h3-12,14-20H,1-2,13H2/t3-,4-,5-,6-,7-,8-,9-,10-,11-,12-/m1/s1. The van der Waals surface area contributed by atoms with Gasteiger partial charge in [-0.05, 0) is 0 Å². The summed E-state index contributed by atoms with van der Waals surface area (Å²) in [6.07, 6.45) is -12.9. The van der Waals surface area contributed by atoms with Gasteiger partial charge in [-0.15, -0.1) is 0 Å². The van der Waals surface area contributed by atoms with Gasteiger partial charge in [-0.3, -0.25) is 0 Å². The summed E-state index contributed by atoms with van der Waals surface area (Å²) in [6, 6.07) is -1.22. The summed E-state index contributed by atoms with van der Waals surface area (Å²) in [5.74, 6) is 0. The normalized spacial score (nSPS) is 51.7. The molecule has 0 amide bonds. The van der Waals surface area contributed by atoms with Crippen molar-refractivity contribution in [1.82, 2.24) is 0 Å². The molecule has 9 N–H and O–H groups in total. The van der Waals surface area contributed by atoms with Gasteiger partial charge in [0.15, 0.2) is 12.6 Å². The molecule has 0 aromatic heterocycles. The first-order valence-corrected chi connectivity index (χ1v) is 7.15. The molecule has 11 heteroatoms. The van der Waals surface area contributed by atoms with Crippen LogP contribution in [0.2, 0.25) is 0 Å². The van der Waals surface area contributed by atoms with Gasteiger partial charge in [0, 0.05) is 0 Å². The fraction of sp³-hybridized carbons (Fsp3) is 1.00. The summed E-state index contributed by atoms with van der Waals surface area (Å²) in [5, 5.41) is 67.0. The minimum absolute atomic E-state index is 0.612. The van der Waals surface area contributed by atoms with Gasteiger partial charge >= 0.3 is 0 Å². The van der Waals surface area contributed by atoms with E-state index in [2.05, 4.69) is 0 Å². The molecule has 2 rings (SSSR count). The number of rotatable bonds is 4. The first kappa shape index (κ1) is 18.9. The number of hydrogen-bond acceptors (Lipinski definition) is 11. The van der Waals surface area contributed by atoms with E-state index in [0.717, 1.165) is 0 Å². The Morgan fingerprint density at radius 2 is 1.39 bits per heavy atom. The van der Waals surface area contributed by atoms with Crippen molar-refractivity contribution in [2.45, 2.75) is 61.3 Å². The number of hydrogen-bond donors (Lipinski definition) is 8. The zero-order chi connectivity index (χ0) is 17.3. The Morgan fingerprint density at radius 1 is 0.783 bits per heavy atom. The van der Waals surface area contributed by atoms with E-state index in [0.29, 0.717) is 0 Å². The summed E-state index contributed by atoms with van der Waals surface area (Å²) in [4.78, 5) is 0. The zero-order valence-electron chi connectivity index (χ0n) is 12.1. The molecule has 0 aromatic rings. The third-order valence-electron chi connectivity index (χ3n) is 4.06. The maximum Gasteiger partial charge on any atom is 0.184 e. The van der Waals surface area contributed by atoms with E-state index in [1.165, 1.54) is 0 Å². The van der Waals surface area contributed by atoms with Crippen molar-refractivity contribution >= 4 is 0 Å². The first-order chi connectivity index (χ1) is 10.8. The highest BCUT2D eigenvalue weighted by molar-refractivity contribution is 4.95. The molecule has 0 unspecified atom stereocenters. The molecule has 2 heterocycles. The van der Waals surface area contributed by atoms with E-state index in [4.69, 9.17) is 25.1 Å². The Labute approximate surface area is 131 Å². The lowest BCUT2D eigenvalue weighted by Gasteiger charge is -2.45. The van der Waals surface area contributed by atoms with Gasteiger partial charge in [0.05, 0.1) is 19.3 Å². The Balaban J connectivity index is 2.11. The molecule has 136 valence electrons. The van der Waals surface area contributed by atoms with Crippen LogP contribution in [0.25, 0.3) is 0 Å². The van der Waals surface area contributed by atoms with Crippen LogP contribution in [-0.4, -0.2) is 110 Å². The molecule has 2 aliphatic rings. The van der Waals surface area contributed by atoms with Gasteiger partial charge in [0.2, 0.25) is 0 Å². The lowest BCUT2D eigenvalue weighted by molar-refractivity contribution is -0.339. The van der Waals surface area contributed by atoms with Crippen molar-refractivity contribution in [2.24, 2.45) is 5.73 Å². The molecular formula is C12H23NO10. The molecule has 2 fully saturated rings. The molecule has 0 saturated carbocycles. The molecule has 2 aliphatic heterocycles. The molecule has 0 radical (unpaired) electrons. The van der Waals surface area contributed by atoms with Crippen LogP contribution in [0.3, 0.4) is 0 Å². The van der Waals surface area contributed by atoms with Gasteiger partial charge in [0.1, 0.15) is 42.7 Å². The molecular weight excluding hydrogens is 318 g/mol. The molecule has 23 heavy (non-hydrogen) atoms. The topological polar surface area (TPSA) is 195 Å². The SMILES string of the molecule is N[C@H]1[C@@H](O[C@H]2[C@H](O)[C@@H](O)[C@H](O)O[C@@H]2CO)O[C@H](CO)[C@@H](O)[C@@H]1O. The Hall–Kier alpha value is -0.440. The highest BCUT2D eigenvalue weighted by atomic mass is 16.7. The predicted molar refractivity (Wildman–Crippen MR) is 70.6 cm³/mol. The van der Waals surface area contributed by atoms with Crippen LogP contribution >= 0.6 is 0 Å². The molecule has 0 bridgehead atoms. The van der Waals surface area contributed by atoms with Crippen LogP contribution in [0.15, 0.2) is 0 Å². The van der Waals surface area contributed by atoms with Gasteiger partial charge in [-0.2, -0.15) is 0 Å². The number of aliphatic hydroxyl groups is 7. The third kappa shape index (κ3) is 3.65. The van der Waals surface area contributed by atoms with Crippen molar-refractivity contribution < 1.29 is 50.0 Å². The molecule has 11 nitrogen and oxygen atoms in total. The Bertz CT molecular complexity index is 383. The maximum atomic E-state index is 9.98. The summed E-state index contributed by atoms with van der Waals surface area (Å²) in [5.41, 5.74) is 5.70. The largest absolute Gasteiger partial charge is 0.394 e. The second kappa shape index (κ2) is 7.63. The second-order valence-electron chi connectivity index (χ2n) is 5.61. The summed E-state index contributed by atoms with van der Waals surface area (Å²) < 4.78 is 15.6. The summed E-state index contributed by atoms with van der Waals surface area (Å²) in [6.45, 7) is -1.25. The van der Waals surface area contributed by atoms with E-state index in [1.807, 2.05) is 0 Å².